The van der Waals surface area contributed by atoms with Crippen LogP contribution in [0.25, 0.3) is 22.3 Å². The second-order valence-corrected chi connectivity index (χ2v) is 7.51. The Balaban J connectivity index is 1.72. The van der Waals surface area contributed by atoms with Gasteiger partial charge in [-0.15, -0.1) is 0 Å². The van der Waals surface area contributed by atoms with Gasteiger partial charge in [0.05, 0.1) is 0 Å². The van der Waals surface area contributed by atoms with Crippen LogP contribution in [-0.4, -0.2) is 34.1 Å². The van der Waals surface area contributed by atoms with Crippen LogP contribution in [0.15, 0.2) is 85.0 Å². The van der Waals surface area contributed by atoms with E-state index in [4.69, 9.17) is 19.7 Å². The zero-order valence-corrected chi connectivity index (χ0v) is 18.1. The minimum Gasteiger partial charge on any atom is -0.478 e. The molecule has 35 heavy (non-hydrogen) atoms. The summed E-state index contributed by atoms with van der Waals surface area (Å²) in [5.41, 5.74) is 6.09. The fourth-order valence-corrected chi connectivity index (χ4v) is 3.83. The number of esters is 2. The minimum absolute atomic E-state index is 0.132. The fraction of sp³-hybridized carbons (Fsp3) is 0.0370. The molecule has 0 fully saturated rings. The third kappa shape index (κ3) is 5.33. The number of aliphatic carboxylic acids is 2. The van der Waals surface area contributed by atoms with E-state index < -0.39 is 23.9 Å². The number of carboxylic acids is 2. The Morgan fingerprint density at radius 3 is 1.94 bits per heavy atom. The summed E-state index contributed by atoms with van der Waals surface area (Å²) in [6, 6.07) is 18.6. The van der Waals surface area contributed by atoms with E-state index in [1.165, 1.54) is 17.7 Å². The van der Waals surface area contributed by atoms with Gasteiger partial charge >= 0.3 is 23.9 Å². The third-order valence-electron chi connectivity index (χ3n) is 5.25. The third-order valence-corrected chi connectivity index (χ3v) is 5.25. The maximum absolute atomic E-state index is 12.1. The van der Waals surface area contributed by atoms with Crippen LogP contribution in [0.4, 0.5) is 0 Å². The van der Waals surface area contributed by atoms with Crippen molar-refractivity contribution in [3.63, 3.8) is 0 Å². The van der Waals surface area contributed by atoms with Crippen molar-refractivity contribution in [1.29, 1.82) is 0 Å². The lowest BCUT2D eigenvalue weighted by atomic mass is 9.95. The number of carbonyl (C=O) groups excluding carboxylic acids is 2. The van der Waals surface area contributed by atoms with Gasteiger partial charge in [0.25, 0.3) is 0 Å². The van der Waals surface area contributed by atoms with Crippen LogP contribution in [0, 0.1) is 0 Å². The summed E-state index contributed by atoms with van der Waals surface area (Å²) < 4.78 is 10.4. The number of hydrogen-bond donors (Lipinski definition) is 2. The van der Waals surface area contributed by atoms with Crippen molar-refractivity contribution < 1.29 is 38.9 Å². The lowest BCUT2D eigenvalue weighted by Crippen LogP contribution is -2.10. The van der Waals surface area contributed by atoms with E-state index in [2.05, 4.69) is 12.1 Å². The number of ether oxygens (including phenoxy) is 2. The minimum atomic E-state index is -1.33. The van der Waals surface area contributed by atoms with Gasteiger partial charge in [-0.25, -0.2) is 19.2 Å². The van der Waals surface area contributed by atoms with Crippen molar-refractivity contribution in [3.05, 3.63) is 96.1 Å². The molecule has 0 aliphatic heterocycles. The first-order valence-corrected chi connectivity index (χ1v) is 10.4. The average molecular weight is 470 g/mol. The van der Waals surface area contributed by atoms with Crippen LogP contribution in [0.5, 0.6) is 11.5 Å². The lowest BCUT2D eigenvalue weighted by molar-refractivity contribution is -0.133. The Bertz CT molecular complexity index is 1410. The van der Waals surface area contributed by atoms with E-state index in [0.29, 0.717) is 23.8 Å². The first kappa shape index (κ1) is 23.2. The molecule has 2 N–H and O–H groups in total. The molecule has 0 heterocycles. The quantitative estimate of drug-likeness (QED) is 0.236. The summed E-state index contributed by atoms with van der Waals surface area (Å²) in [5, 5.41) is 17.4. The molecular weight excluding hydrogens is 452 g/mol. The van der Waals surface area contributed by atoms with Gasteiger partial charge in [0.1, 0.15) is 0 Å². The van der Waals surface area contributed by atoms with Crippen LogP contribution in [0.2, 0.25) is 0 Å². The standard InChI is InChI=1S/C27H18O8/c28-24(29)10-12-26(32)34-22-9-8-17(15-23(22)35-27(33)13-11-25(30)31)19-6-3-7-20-18-5-2-1-4-16(18)14-21(19)20/h1-13,15H,14H2,(H,28,29)(H,30,31). The van der Waals surface area contributed by atoms with Gasteiger partial charge in [-0.2, -0.15) is 0 Å². The summed E-state index contributed by atoms with van der Waals surface area (Å²) >= 11 is 0. The Morgan fingerprint density at radius 1 is 0.657 bits per heavy atom. The van der Waals surface area contributed by atoms with Gasteiger partial charge in [-0.3, -0.25) is 0 Å². The molecule has 8 nitrogen and oxygen atoms in total. The molecule has 174 valence electrons. The average Bonchev–Trinajstić information content (AvgIpc) is 3.21. The van der Waals surface area contributed by atoms with Gasteiger partial charge in [-0.1, -0.05) is 48.5 Å². The monoisotopic (exact) mass is 470 g/mol. The van der Waals surface area contributed by atoms with Crippen molar-refractivity contribution in [1.82, 2.24) is 0 Å². The number of rotatable bonds is 7. The second kappa shape index (κ2) is 9.88. The zero-order valence-electron chi connectivity index (χ0n) is 18.1. The molecule has 0 amide bonds. The van der Waals surface area contributed by atoms with Gasteiger partial charge in [0, 0.05) is 24.3 Å². The topological polar surface area (TPSA) is 127 Å². The van der Waals surface area contributed by atoms with E-state index >= 15 is 0 Å². The van der Waals surface area contributed by atoms with Gasteiger partial charge in [0.15, 0.2) is 11.5 Å². The first-order chi connectivity index (χ1) is 16.8. The van der Waals surface area contributed by atoms with Crippen molar-refractivity contribution >= 4 is 23.9 Å². The van der Waals surface area contributed by atoms with Crippen LogP contribution >= 0.6 is 0 Å². The molecule has 0 bridgehead atoms. The Hall–Kier alpha value is -4.98. The van der Waals surface area contributed by atoms with Crippen LogP contribution in [-0.2, 0) is 25.6 Å². The van der Waals surface area contributed by atoms with E-state index in [1.807, 2.05) is 30.3 Å². The SMILES string of the molecule is O=C(O)C=CC(=O)Oc1ccc(-c2cccc3c2Cc2ccccc2-3)cc1OC(=O)C=CC(=O)O. The van der Waals surface area contributed by atoms with Gasteiger partial charge < -0.3 is 19.7 Å². The number of fused-ring (bicyclic) bond motifs is 3. The van der Waals surface area contributed by atoms with Gasteiger partial charge in [0.2, 0.25) is 0 Å². The highest BCUT2D eigenvalue weighted by Crippen LogP contribution is 2.43. The summed E-state index contributed by atoms with van der Waals surface area (Å²) in [4.78, 5) is 45.5. The second-order valence-electron chi connectivity index (χ2n) is 7.51. The molecular formula is C27H18O8. The molecule has 0 saturated heterocycles. The van der Waals surface area contributed by atoms with Crippen molar-refractivity contribution in [3.8, 4) is 33.8 Å². The zero-order chi connectivity index (χ0) is 24.9. The Morgan fingerprint density at radius 2 is 1.26 bits per heavy atom. The molecule has 3 aromatic rings. The molecule has 8 heteroatoms. The summed E-state index contributed by atoms with van der Waals surface area (Å²) in [7, 11) is 0. The highest BCUT2D eigenvalue weighted by Gasteiger charge is 2.22. The molecule has 1 aliphatic carbocycles. The predicted octanol–water partition coefficient (Wildman–Crippen LogP) is 4.02. The molecule has 0 atom stereocenters. The van der Waals surface area contributed by atoms with Crippen molar-refractivity contribution in [2.75, 3.05) is 0 Å². The number of carbonyl (C=O) groups is 4. The lowest BCUT2D eigenvalue weighted by Gasteiger charge is -2.13. The van der Waals surface area contributed by atoms with Crippen LogP contribution < -0.4 is 9.47 Å². The van der Waals surface area contributed by atoms with E-state index in [1.54, 1.807) is 6.07 Å². The van der Waals surface area contributed by atoms with E-state index in [9.17, 15) is 19.2 Å². The molecule has 0 saturated carbocycles. The molecule has 0 spiro atoms. The van der Waals surface area contributed by atoms with Crippen molar-refractivity contribution in [2.24, 2.45) is 0 Å². The summed E-state index contributed by atoms with van der Waals surface area (Å²) in [6.45, 7) is 0. The molecule has 0 unspecified atom stereocenters. The first-order valence-electron chi connectivity index (χ1n) is 10.4. The number of benzene rings is 3. The molecule has 0 aromatic heterocycles. The summed E-state index contributed by atoms with van der Waals surface area (Å²) in [5.74, 6) is -4.92. The Labute approximate surface area is 199 Å². The smallest absolute Gasteiger partial charge is 0.336 e. The Kier molecular flexibility index (Phi) is 6.55. The maximum Gasteiger partial charge on any atom is 0.336 e. The summed E-state index contributed by atoms with van der Waals surface area (Å²) in [6.07, 6.45) is 3.39. The predicted molar refractivity (Wildman–Crippen MR) is 125 cm³/mol. The number of hydrogen-bond acceptors (Lipinski definition) is 6. The van der Waals surface area contributed by atoms with E-state index in [0.717, 1.165) is 34.8 Å². The van der Waals surface area contributed by atoms with E-state index in [-0.39, 0.29) is 11.5 Å². The van der Waals surface area contributed by atoms with Crippen LogP contribution in [0.1, 0.15) is 11.1 Å². The highest BCUT2D eigenvalue weighted by atomic mass is 16.6. The molecule has 4 rings (SSSR count). The molecule has 1 aliphatic rings. The fourth-order valence-electron chi connectivity index (χ4n) is 3.83. The maximum atomic E-state index is 12.1. The molecule has 0 radical (unpaired) electrons. The highest BCUT2D eigenvalue weighted by molar-refractivity contribution is 5.94. The normalized spacial score (nSPS) is 11.8. The van der Waals surface area contributed by atoms with Crippen molar-refractivity contribution in [2.45, 2.75) is 6.42 Å². The van der Waals surface area contributed by atoms with Gasteiger partial charge in [-0.05, 0) is 51.9 Å². The molecule has 3 aromatic carbocycles. The van der Waals surface area contributed by atoms with Crippen LogP contribution in [0.3, 0.4) is 0 Å². The number of carboxylic acid groups (broad SMARTS) is 2. The largest absolute Gasteiger partial charge is 0.478 e.